The molecule has 0 bridgehead atoms. The second-order valence-corrected chi connectivity index (χ2v) is 5.40. The van der Waals surface area contributed by atoms with Crippen LogP contribution in [0.1, 0.15) is 19.8 Å². The summed E-state index contributed by atoms with van der Waals surface area (Å²) >= 11 is 0. The smallest absolute Gasteiger partial charge is 0.320 e. The monoisotopic (exact) mass is 284 g/mol. The number of amides is 2. The minimum absolute atomic E-state index is 0.144. The van der Waals surface area contributed by atoms with Crippen molar-refractivity contribution in [2.45, 2.75) is 19.8 Å². The molecule has 1 heterocycles. The van der Waals surface area contributed by atoms with Gasteiger partial charge in [-0.1, -0.05) is 6.08 Å². The van der Waals surface area contributed by atoms with Crippen molar-refractivity contribution in [2.24, 2.45) is 5.41 Å². The summed E-state index contributed by atoms with van der Waals surface area (Å²) in [7, 11) is 1.58. The summed E-state index contributed by atoms with van der Waals surface area (Å²) in [4.78, 5) is 27.0. The van der Waals surface area contributed by atoms with Gasteiger partial charge in [0.25, 0.3) is 0 Å². The van der Waals surface area contributed by atoms with Crippen LogP contribution in [0.3, 0.4) is 0 Å². The van der Waals surface area contributed by atoms with Crippen LogP contribution in [-0.2, 0) is 9.53 Å². The highest BCUT2D eigenvalue weighted by Gasteiger charge is 2.40. The van der Waals surface area contributed by atoms with Crippen molar-refractivity contribution < 1.29 is 19.4 Å². The zero-order chi connectivity index (χ0) is 15.2. The summed E-state index contributed by atoms with van der Waals surface area (Å²) in [6.07, 6.45) is 2.97. The van der Waals surface area contributed by atoms with Gasteiger partial charge in [0, 0.05) is 33.3 Å². The average Bonchev–Trinajstić information content (AvgIpc) is 2.42. The van der Waals surface area contributed by atoms with Crippen molar-refractivity contribution >= 4 is 12.0 Å². The number of methoxy groups -OCH3 is 1. The van der Waals surface area contributed by atoms with Crippen LogP contribution >= 0.6 is 0 Å². The number of urea groups is 1. The molecule has 0 radical (unpaired) electrons. The second-order valence-electron chi connectivity index (χ2n) is 5.40. The summed E-state index contributed by atoms with van der Waals surface area (Å²) in [5.41, 5.74) is -0.852. The predicted octanol–water partition coefficient (Wildman–Crippen LogP) is 1.43. The van der Waals surface area contributed by atoms with E-state index in [4.69, 9.17) is 4.74 Å². The highest BCUT2D eigenvalue weighted by molar-refractivity contribution is 5.78. The summed E-state index contributed by atoms with van der Waals surface area (Å²) in [5, 5.41) is 9.29. The van der Waals surface area contributed by atoms with Crippen LogP contribution in [0.2, 0.25) is 0 Å². The standard InChI is InChI=1S/C14H24N2O4/c1-4-7-15(9-10-20-3)13(19)16-8-5-6-14(2,11-16)12(17)18/h4H,1,5-11H2,2-3H3,(H,17,18). The van der Waals surface area contributed by atoms with Gasteiger partial charge in [0.1, 0.15) is 0 Å². The summed E-state index contributed by atoms with van der Waals surface area (Å²) < 4.78 is 4.99. The molecule has 0 aliphatic carbocycles. The lowest BCUT2D eigenvalue weighted by molar-refractivity contribution is -0.150. The van der Waals surface area contributed by atoms with Gasteiger partial charge in [0.2, 0.25) is 0 Å². The highest BCUT2D eigenvalue weighted by atomic mass is 16.5. The van der Waals surface area contributed by atoms with E-state index in [9.17, 15) is 14.7 Å². The van der Waals surface area contributed by atoms with Gasteiger partial charge in [-0.05, 0) is 19.8 Å². The lowest BCUT2D eigenvalue weighted by Gasteiger charge is -2.39. The molecule has 2 amide bonds. The predicted molar refractivity (Wildman–Crippen MR) is 75.6 cm³/mol. The number of aliphatic carboxylic acids is 1. The quantitative estimate of drug-likeness (QED) is 0.749. The number of hydrogen-bond donors (Lipinski definition) is 1. The first kappa shape index (κ1) is 16.5. The maximum absolute atomic E-state index is 12.5. The van der Waals surface area contributed by atoms with Crippen molar-refractivity contribution in [1.82, 2.24) is 9.80 Å². The van der Waals surface area contributed by atoms with Gasteiger partial charge in [0.15, 0.2) is 0 Å². The summed E-state index contributed by atoms with van der Waals surface area (Å²) in [6.45, 7) is 7.55. The van der Waals surface area contributed by atoms with E-state index in [2.05, 4.69) is 6.58 Å². The number of hydrogen-bond acceptors (Lipinski definition) is 3. The maximum Gasteiger partial charge on any atom is 0.320 e. The lowest BCUT2D eigenvalue weighted by Crippen LogP contribution is -2.53. The van der Waals surface area contributed by atoms with Crippen molar-refractivity contribution in [2.75, 3.05) is 39.9 Å². The largest absolute Gasteiger partial charge is 0.481 e. The van der Waals surface area contributed by atoms with Gasteiger partial charge < -0.3 is 19.6 Å². The Morgan fingerprint density at radius 1 is 1.55 bits per heavy atom. The van der Waals surface area contributed by atoms with Gasteiger partial charge >= 0.3 is 12.0 Å². The SMILES string of the molecule is C=CCN(CCOC)C(=O)N1CCCC(C)(C(=O)O)C1. The number of carboxylic acids is 1. The second kappa shape index (κ2) is 7.28. The van der Waals surface area contributed by atoms with Gasteiger partial charge in [-0.25, -0.2) is 4.79 Å². The van der Waals surface area contributed by atoms with E-state index < -0.39 is 11.4 Å². The van der Waals surface area contributed by atoms with Crippen molar-refractivity contribution in [3.05, 3.63) is 12.7 Å². The maximum atomic E-state index is 12.5. The molecule has 114 valence electrons. The Bertz CT molecular complexity index is 372. The van der Waals surface area contributed by atoms with Crippen molar-refractivity contribution in [1.29, 1.82) is 0 Å². The van der Waals surface area contributed by atoms with Gasteiger partial charge in [-0.2, -0.15) is 0 Å². The molecule has 1 fully saturated rings. The summed E-state index contributed by atoms with van der Waals surface area (Å²) in [6, 6.07) is -0.144. The van der Waals surface area contributed by atoms with Gasteiger partial charge in [-0.15, -0.1) is 6.58 Å². The van der Waals surface area contributed by atoms with E-state index in [1.165, 1.54) is 0 Å². The Kier molecular flexibility index (Phi) is 6.01. The fraction of sp³-hybridized carbons (Fsp3) is 0.714. The van der Waals surface area contributed by atoms with E-state index in [1.807, 2.05) is 0 Å². The van der Waals surface area contributed by atoms with Gasteiger partial charge in [-0.3, -0.25) is 4.79 Å². The van der Waals surface area contributed by atoms with E-state index >= 15 is 0 Å². The number of carbonyl (C=O) groups excluding carboxylic acids is 1. The molecule has 0 saturated carbocycles. The Hall–Kier alpha value is -1.56. The van der Waals surface area contributed by atoms with E-state index in [-0.39, 0.29) is 12.6 Å². The molecule has 0 aromatic rings. The van der Waals surface area contributed by atoms with E-state index in [0.29, 0.717) is 39.1 Å². The third-order valence-corrected chi connectivity index (χ3v) is 3.67. The minimum atomic E-state index is -0.852. The molecule has 1 aliphatic heterocycles. The van der Waals surface area contributed by atoms with E-state index in [0.717, 1.165) is 0 Å². The number of ether oxygens (including phenoxy) is 1. The lowest BCUT2D eigenvalue weighted by atomic mass is 9.82. The zero-order valence-corrected chi connectivity index (χ0v) is 12.3. The molecular formula is C14H24N2O4. The first-order chi connectivity index (χ1) is 9.44. The van der Waals surface area contributed by atoms with Crippen LogP contribution in [0, 0.1) is 5.41 Å². The number of carbonyl (C=O) groups is 2. The van der Waals surface area contributed by atoms with Crippen LogP contribution in [0.25, 0.3) is 0 Å². The number of carboxylic acid groups (broad SMARTS) is 1. The third-order valence-electron chi connectivity index (χ3n) is 3.67. The number of nitrogens with zero attached hydrogens (tertiary/aromatic N) is 2. The summed E-state index contributed by atoms with van der Waals surface area (Å²) in [5.74, 6) is -0.845. The molecule has 0 aromatic carbocycles. The molecule has 1 N–H and O–H groups in total. The molecule has 20 heavy (non-hydrogen) atoms. The van der Waals surface area contributed by atoms with Crippen LogP contribution in [0.4, 0.5) is 4.79 Å². The van der Waals surface area contributed by atoms with Crippen LogP contribution in [0.15, 0.2) is 12.7 Å². The fourth-order valence-electron chi connectivity index (χ4n) is 2.40. The Morgan fingerprint density at radius 3 is 2.80 bits per heavy atom. The number of likely N-dealkylation sites (tertiary alicyclic amines) is 1. The average molecular weight is 284 g/mol. The fourth-order valence-corrected chi connectivity index (χ4v) is 2.40. The molecule has 6 nitrogen and oxygen atoms in total. The third kappa shape index (κ3) is 3.96. The molecule has 1 saturated heterocycles. The van der Waals surface area contributed by atoms with E-state index in [1.54, 1.807) is 29.9 Å². The normalized spacial score (nSPS) is 22.4. The molecule has 1 atom stereocenters. The molecule has 0 aromatic heterocycles. The molecular weight excluding hydrogens is 260 g/mol. The highest BCUT2D eigenvalue weighted by Crippen LogP contribution is 2.30. The molecule has 1 unspecified atom stereocenters. The number of rotatable bonds is 6. The molecule has 1 rings (SSSR count). The van der Waals surface area contributed by atoms with Crippen LogP contribution in [0.5, 0.6) is 0 Å². The van der Waals surface area contributed by atoms with Crippen molar-refractivity contribution in [3.8, 4) is 0 Å². The van der Waals surface area contributed by atoms with Crippen molar-refractivity contribution in [3.63, 3.8) is 0 Å². The zero-order valence-electron chi connectivity index (χ0n) is 12.3. The molecule has 6 heteroatoms. The number of piperidine rings is 1. The Labute approximate surface area is 120 Å². The topological polar surface area (TPSA) is 70.1 Å². The first-order valence-electron chi connectivity index (χ1n) is 6.81. The van der Waals surface area contributed by atoms with Crippen LogP contribution < -0.4 is 0 Å². The van der Waals surface area contributed by atoms with Gasteiger partial charge in [0.05, 0.1) is 12.0 Å². The first-order valence-corrected chi connectivity index (χ1v) is 6.81. The molecule has 0 spiro atoms. The Morgan fingerprint density at radius 2 is 2.25 bits per heavy atom. The molecule has 1 aliphatic rings. The van der Waals surface area contributed by atoms with Crippen LogP contribution in [-0.4, -0.2) is 66.8 Å². The minimum Gasteiger partial charge on any atom is -0.481 e. The Balaban J connectivity index is 2.72.